The van der Waals surface area contributed by atoms with Gasteiger partial charge in [-0.25, -0.2) is 4.39 Å². The van der Waals surface area contributed by atoms with Gasteiger partial charge < -0.3 is 4.74 Å². The minimum atomic E-state index is -0.223. The summed E-state index contributed by atoms with van der Waals surface area (Å²) >= 11 is 0. The predicted molar refractivity (Wildman–Crippen MR) is 114 cm³/mol. The summed E-state index contributed by atoms with van der Waals surface area (Å²) in [4.78, 5) is 0. The first-order chi connectivity index (χ1) is 13.6. The van der Waals surface area contributed by atoms with Crippen molar-refractivity contribution >= 4 is 0 Å². The molecule has 0 aliphatic heterocycles. The van der Waals surface area contributed by atoms with Crippen LogP contribution in [0.25, 0.3) is 0 Å². The van der Waals surface area contributed by atoms with Crippen LogP contribution < -0.4 is 0 Å². The Hall–Kier alpha value is -2.37. The van der Waals surface area contributed by atoms with E-state index < -0.39 is 0 Å². The van der Waals surface area contributed by atoms with Crippen LogP contribution in [0.5, 0.6) is 0 Å². The Morgan fingerprint density at radius 3 is 2.50 bits per heavy atom. The third-order valence-electron chi connectivity index (χ3n) is 5.51. The van der Waals surface area contributed by atoms with Crippen LogP contribution in [0.15, 0.2) is 55.1 Å². The third kappa shape index (κ3) is 6.08. The Morgan fingerprint density at radius 1 is 1.07 bits per heavy atom. The molecule has 0 atom stereocenters. The largest absolute Gasteiger partial charge is 0.374 e. The number of ether oxygens (including phenoxy) is 1. The van der Waals surface area contributed by atoms with E-state index in [0.29, 0.717) is 24.2 Å². The van der Waals surface area contributed by atoms with Crippen molar-refractivity contribution in [2.75, 3.05) is 6.61 Å². The van der Waals surface area contributed by atoms with Gasteiger partial charge in [0.15, 0.2) is 0 Å². The molecule has 3 rings (SSSR count). The number of benzene rings is 2. The minimum Gasteiger partial charge on any atom is -0.374 e. The van der Waals surface area contributed by atoms with Crippen LogP contribution in [0, 0.1) is 30.5 Å². The fraction of sp³-hybridized carbons (Fsp3) is 0.385. The van der Waals surface area contributed by atoms with Gasteiger partial charge in [0.25, 0.3) is 0 Å². The normalized spacial score (nSPS) is 18.9. The first-order valence-corrected chi connectivity index (χ1v) is 10.2. The lowest BCUT2D eigenvalue weighted by molar-refractivity contribution is 0.0338. The zero-order chi connectivity index (χ0) is 19.8. The zero-order valence-corrected chi connectivity index (χ0v) is 16.7. The Balaban J connectivity index is 1.51. The van der Waals surface area contributed by atoms with Gasteiger partial charge in [-0.2, -0.15) is 0 Å². The second kappa shape index (κ2) is 10.2. The highest BCUT2D eigenvalue weighted by atomic mass is 19.1. The molecule has 0 aromatic heterocycles. The van der Waals surface area contributed by atoms with Gasteiger partial charge in [0.1, 0.15) is 5.82 Å². The van der Waals surface area contributed by atoms with Crippen molar-refractivity contribution in [3.63, 3.8) is 0 Å². The summed E-state index contributed by atoms with van der Waals surface area (Å²) in [6.07, 6.45) is 8.89. The molecule has 0 N–H and O–H groups in total. The Kier molecular flexibility index (Phi) is 7.46. The van der Waals surface area contributed by atoms with Crippen LogP contribution >= 0.6 is 0 Å². The topological polar surface area (TPSA) is 9.23 Å². The van der Waals surface area contributed by atoms with Crippen LogP contribution in [0.1, 0.15) is 54.4 Å². The molecule has 1 saturated carbocycles. The van der Waals surface area contributed by atoms with Gasteiger partial charge in [-0.1, -0.05) is 41.7 Å². The molecule has 0 radical (unpaired) electrons. The Labute approximate surface area is 168 Å². The third-order valence-corrected chi connectivity index (χ3v) is 5.51. The fourth-order valence-corrected chi connectivity index (χ4v) is 3.75. The molecule has 1 fully saturated rings. The number of rotatable bonds is 6. The van der Waals surface area contributed by atoms with Crippen molar-refractivity contribution < 1.29 is 9.13 Å². The number of hydrogen-bond donors (Lipinski definition) is 0. The standard InChI is InChI=1S/C26H29FO/c1-3-18-28-25-16-12-22(13-17-25)8-9-23-11-15-24(26(27)19-23)14-10-21-6-4-20(2)5-7-21/h3-7,11,15,19,22,25H,1,8-9,12-13,16-18H2,2H3. The molecule has 2 heteroatoms. The predicted octanol–water partition coefficient (Wildman–Crippen LogP) is 6.23. The minimum absolute atomic E-state index is 0.223. The van der Waals surface area contributed by atoms with Crippen LogP contribution in [0.2, 0.25) is 0 Å². The van der Waals surface area contributed by atoms with Crippen LogP contribution in [0.3, 0.4) is 0 Å². The molecule has 1 aliphatic carbocycles. The van der Waals surface area contributed by atoms with E-state index in [0.717, 1.165) is 36.8 Å². The lowest BCUT2D eigenvalue weighted by Gasteiger charge is -2.28. The van der Waals surface area contributed by atoms with E-state index in [9.17, 15) is 4.39 Å². The highest BCUT2D eigenvalue weighted by molar-refractivity contribution is 5.44. The number of halogens is 1. The maximum atomic E-state index is 14.4. The molecular weight excluding hydrogens is 347 g/mol. The Bertz CT molecular complexity index is 833. The lowest BCUT2D eigenvalue weighted by atomic mass is 9.83. The summed E-state index contributed by atoms with van der Waals surface area (Å²) in [5.74, 6) is 6.49. The summed E-state index contributed by atoms with van der Waals surface area (Å²) < 4.78 is 20.2. The number of hydrogen-bond acceptors (Lipinski definition) is 1. The quantitative estimate of drug-likeness (QED) is 0.429. The van der Waals surface area contributed by atoms with Crippen molar-refractivity contribution in [2.24, 2.45) is 5.92 Å². The van der Waals surface area contributed by atoms with E-state index in [4.69, 9.17) is 4.74 Å². The molecule has 0 spiro atoms. The lowest BCUT2D eigenvalue weighted by Crippen LogP contribution is -2.22. The van der Waals surface area contributed by atoms with Crippen molar-refractivity contribution in [3.05, 3.63) is 83.2 Å². The van der Waals surface area contributed by atoms with Crippen molar-refractivity contribution in [1.82, 2.24) is 0 Å². The molecule has 1 aliphatic rings. The average Bonchev–Trinajstić information content (AvgIpc) is 2.72. The summed E-state index contributed by atoms with van der Waals surface area (Å²) in [7, 11) is 0. The highest BCUT2D eigenvalue weighted by Gasteiger charge is 2.21. The molecular formula is C26H29FO. The van der Waals surface area contributed by atoms with Crippen LogP contribution in [0.4, 0.5) is 4.39 Å². The molecule has 2 aromatic carbocycles. The summed E-state index contributed by atoms with van der Waals surface area (Å²) in [6, 6.07) is 13.4. The maximum Gasteiger partial charge on any atom is 0.139 e. The van der Waals surface area contributed by atoms with Crippen LogP contribution in [-0.4, -0.2) is 12.7 Å². The zero-order valence-electron chi connectivity index (χ0n) is 16.7. The average molecular weight is 377 g/mol. The second-order valence-corrected chi connectivity index (χ2v) is 7.73. The van der Waals surface area contributed by atoms with Gasteiger partial charge in [-0.05, 0) is 81.2 Å². The van der Waals surface area contributed by atoms with Gasteiger partial charge in [0.2, 0.25) is 0 Å². The van der Waals surface area contributed by atoms with Gasteiger partial charge in [-0.15, -0.1) is 6.58 Å². The number of aryl methyl sites for hydroxylation is 2. The van der Waals surface area contributed by atoms with Gasteiger partial charge >= 0.3 is 0 Å². The molecule has 146 valence electrons. The SMILES string of the molecule is C=CCOC1CCC(CCc2ccc(C#Cc3ccc(C)cc3)c(F)c2)CC1. The Morgan fingerprint density at radius 2 is 1.82 bits per heavy atom. The first kappa shape index (κ1) is 20.4. The van der Waals surface area contributed by atoms with Crippen molar-refractivity contribution in [1.29, 1.82) is 0 Å². The van der Waals surface area contributed by atoms with Gasteiger partial charge in [-0.3, -0.25) is 0 Å². The molecule has 28 heavy (non-hydrogen) atoms. The van der Waals surface area contributed by atoms with Crippen molar-refractivity contribution in [2.45, 2.75) is 51.6 Å². The second-order valence-electron chi connectivity index (χ2n) is 7.73. The van der Waals surface area contributed by atoms with E-state index in [1.807, 2.05) is 49.4 Å². The molecule has 0 amide bonds. The molecule has 1 nitrogen and oxygen atoms in total. The molecule has 2 aromatic rings. The summed E-state index contributed by atoms with van der Waals surface area (Å²) in [5, 5.41) is 0. The van der Waals surface area contributed by atoms with E-state index in [1.165, 1.54) is 18.4 Å². The maximum absolute atomic E-state index is 14.4. The summed E-state index contributed by atoms with van der Waals surface area (Å²) in [5.41, 5.74) is 3.62. The van der Waals surface area contributed by atoms with Crippen molar-refractivity contribution in [3.8, 4) is 11.8 Å². The van der Waals surface area contributed by atoms with E-state index in [1.54, 1.807) is 6.07 Å². The molecule has 0 bridgehead atoms. The summed E-state index contributed by atoms with van der Waals surface area (Å²) in [6.45, 7) is 6.39. The smallest absolute Gasteiger partial charge is 0.139 e. The first-order valence-electron chi connectivity index (χ1n) is 10.2. The monoisotopic (exact) mass is 376 g/mol. The highest BCUT2D eigenvalue weighted by Crippen LogP contribution is 2.29. The molecule has 0 unspecified atom stereocenters. The molecule has 0 saturated heterocycles. The van der Waals surface area contributed by atoms with Gasteiger partial charge in [0.05, 0.1) is 18.3 Å². The van der Waals surface area contributed by atoms with Gasteiger partial charge in [0, 0.05) is 5.56 Å². The van der Waals surface area contributed by atoms with E-state index in [2.05, 4.69) is 18.4 Å². The molecule has 0 heterocycles. The van der Waals surface area contributed by atoms with E-state index >= 15 is 0 Å². The fourth-order valence-electron chi connectivity index (χ4n) is 3.75. The van der Waals surface area contributed by atoms with Crippen LogP contribution in [-0.2, 0) is 11.2 Å². The van der Waals surface area contributed by atoms with E-state index in [-0.39, 0.29) is 5.82 Å².